The predicted molar refractivity (Wildman–Crippen MR) is 87.8 cm³/mol. The highest BCUT2D eigenvalue weighted by Crippen LogP contribution is 2.21. The van der Waals surface area contributed by atoms with Crippen molar-refractivity contribution in [1.82, 2.24) is 4.90 Å². The summed E-state index contributed by atoms with van der Waals surface area (Å²) in [6.45, 7) is 0.331. The molecule has 0 fully saturated rings. The summed E-state index contributed by atoms with van der Waals surface area (Å²) in [7, 11) is 1.72. The molecular weight excluding hydrogens is 326 g/mol. The lowest BCUT2D eigenvalue weighted by molar-refractivity contribution is -0.117. The van der Waals surface area contributed by atoms with E-state index >= 15 is 0 Å². The molecule has 6 heteroatoms. The number of para-hydroxylation sites is 1. The van der Waals surface area contributed by atoms with Crippen LogP contribution in [-0.4, -0.2) is 24.4 Å². The van der Waals surface area contributed by atoms with E-state index in [1.54, 1.807) is 48.3 Å². The van der Waals surface area contributed by atoms with Crippen LogP contribution in [0.25, 0.3) is 0 Å². The summed E-state index contributed by atoms with van der Waals surface area (Å²) >= 11 is 12.0. The maximum Gasteiger partial charge on any atom is 0.238 e. The molecule has 0 aromatic heterocycles. The van der Waals surface area contributed by atoms with E-state index in [4.69, 9.17) is 23.2 Å². The van der Waals surface area contributed by atoms with Crippen molar-refractivity contribution in [3.05, 3.63) is 63.9 Å². The highest BCUT2D eigenvalue weighted by Gasteiger charge is 2.13. The van der Waals surface area contributed by atoms with Crippen LogP contribution in [0, 0.1) is 5.82 Å². The Balaban J connectivity index is 1.96. The Morgan fingerprint density at radius 2 is 1.82 bits per heavy atom. The van der Waals surface area contributed by atoms with Gasteiger partial charge >= 0.3 is 0 Å². The molecule has 22 heavy (non-hydrogen) atoms. The predicted octanol–water partition coefficient (Wildman–Crippen LogP) is 4.20. The third kappa shape index (κ3) is 4.44. The van der Waals surface area contributed by atoms with E-state index in [9.17, 15) is 9.18 Å². The van der Waals surface area contributed by atoms with Crippen LogP contribution in [0.5, 0.6) is 0 Å². The number of carbonyl (C=O) groups excluding carboxylic acids is 1. The molecule has 0 saturated heterocycles. The second-order valence-corrected chi connectivity index (χ2v) is 5.71. The number of benzene rings is 2. The monoisotopic (exact) mass is 340 g/mol. The fourth-order valence-electron chi connectivity index (χ4n) is 2.01. The number of hydrogen-bond donors (Lipinski definition) is 1. The minimum atomic E-state index is -0.383. The molecule has 0 atom stereocenters. The molecule has 0 saturated carbocycles. The van der Waals surface area contributed by atoms with E-state index in [0.717, 1.165) is 0 Å². The standard InChI is InChI=1S/C16H15Cl2FN2O/c1-21(9-11-12(17)6-4-7-14(11)19)10-16(22)20-15-8-3-2-5-13(15)18/h2-8H,9-10H2,1H3,(H,20,22). The molecule has 116 valence electrons. The lowest BCUT2D eigenvalue weighted by atomic mass is 10.2. The maximum absolute atomic E-state index is 13.7. The van der Waals surface area contributed by atoms with Gasteiger partial charge in [0.1, 0.15) is 5.82 Å². The molecule has 0 bridgehead atoms. The topological polar surface area (TPSA) is 32.3 Å². The third-order valence-electron chi connectivity index (χ3n) is 3.05. The zero-order valence-electron chi connectivity index (χ0n) is 11.9. The van der Waals surface area contributed by atoms with Gasteiger partial charge in [-0.25, -0.2) is 4.39 Å². The first-order valence-electron chi connectivity index (χ1n) is 6.63. The Bertz CT molecular complexity index is 659. The van der Waals surface area contributed by atoms with Crippen molar-refractivity contribution in [1.29, 1.82) is 0 Å². The van der Waals surface area contributed by atoms with Gasteiger partial charge in [-0.15, -0.1) is 0 Å². The first-order chi connectivity index (χ1) is 10.5. The number of anilines is 1. The third-order valence-corrected chi connectivity index (χ3v) is 3.73. The fourth-order valence-corrected chi connectivity index (χ4v) is 2.41. The SMILES string of the molecule is CN(CC(=O)Nc1ccccc1Cl)Cc1c(F)cccc1Cl. The van der Waals surface area contributed by atoms with Crippen molar-refractivity contribution < 1.29 is 9.18 Å². The van der Waals surface area contributed by atoms with Gasteiger partial charge in [0.25, 0.3) is 0 Å². The van der Waals surface area contributed by atoms with Crippen LogP contribution >= 0.6 is 23.2 Å². The van der Waals surface area contributed by atoms with Crippen LogP contribution < -0.4 is 5.32 Å². The van der Waals surface area contributed by atoms with Crippen LogP contribution in [0.3, 0.4) is 0 Å². The minimum Gasteiger partial charge on any atom is -0.324 e. The number of hydrogen-bond acceptors (Lipinski definition) is 2. The number of likely N-dealkylation sites (N-methyl/N-ethyl adjacent to an activating group) is 1. The van der Waals surface area contributed by atoms with Gasteiger partial charge in [-0.3, -0.25) is 9.69 Å². The molecule has 2 aromatic rings. The maximum atomic E-state index is 13.7. The molecule has 3 nitrogen and oxygen atoms in total. The second-order valence-electron chi connectivity index (χ2n) is 4.90. The highest BCUT2D eigenvalue weighted by atomic mass is 35.5. The Morgan fingerprint density at radius 3 is 2.50 bits per heavy atom. The van der Waals surface area contributed by atoms with Crippen molar-refractivity contribution in [3.63, 3.8) is 0 Å². The normalized spacial score (nSPS) is 10.8. The number of nitrogens with one attached hydrogen (secondary N) is 1. The van der Waals surface area contributed by atoms with E-state index in [1.807, 2.05) is 0 Å². The molecule has 0 unspecified atom stereocenters. The summed E-state index contributed by atoms with van der Waals surface area (Å²) in [4.78, 5) is 13.7. The zero-order valence-corrected chi connectivity index (χ0v) is 13.5. The van der Waals surface area contributed by atoms with Gasteiger partial charge in [-0.1, -0.05) is 41.4 Å². The molecule has 2 aromatic carbocycles. The first kappa shape index (κ1) is 16.7. The zero-order chi connectivity index (χ0) is 16.1. The molecule has 0 aliphatic rings. The van der Waals surface area contributed by atoms with Gasteiger partial charge in [-0.2, -0.15) is 0 Å². The molecule has 0 radical (unpaired) electrons. The lowest BCUT2D eigenvalue weighted by Crippen LogP contribution is -2.30. The number of carbonyl (C=O) groups is 1. The summed E-state index contributed by atoms with van der Waals surface area (Å²) in [6, 6.07) is 11.5. The number of amides is 1. The van der Waals surface area contributed by atoms with Crippen LogP contribution in [0.1, 0.15) is 5.56 Å². The van der Waals surface area contributed by atoms with E-state index in [0.29, 0.717) is 21.3 Å². The Morgan fingerprint density at radius 1 is 1.14 bits per heavy atom. The van der Waals surface area contributed by atoms with E-state index < -0.39 is 0 Å². The van der Waals surface area contributed by atoms with Crippen LogP contribution in [0.15, 0.2) is 42.5 Å². The van der Waals surface area contributed by atoms with Crippen molar-refractivity contribution >= 4 is 34.8 Å². The molecule has 0 heterocycles. The van der Waals surface area contributed by atoms with Gasteiger partial charge in [0, 0.05) is 17.1 Å². The highest BCUT2D eigenvalue weighted by molar-refractivity contribution is 6.33. The van der Waals surface area contributed by atoms with Crippen LogP contribution in [0.4, 0.5) is 10.1 Å². The Labute approximate surface area is 138 Å². The largest absolute Gasteiger partial charge is 0.324 e. The minimum absolute atomic E-state index is 0.0931. The van der Waals surface area contributed by atoms with Crippen molar-refractivity contribution in [2.45, 2.75) is 6.54 Å². The molecule has 0 aliphatic carbocycles. The fraction of sp³-hybridized carbons (Fsp3) is 0.188. The van der Waals surface area contributed by atoms with Gasteiger partial charge in [0.05, 0.1) is 17.3 Å². The number of nitrogens with zero attached hydrogens (tertiary/aromatic N) is 1. The average Bonchev–Trinajstić information content (AvgIpc) is 2.45. The Kier molecular flexibility index (Phi) is 5.77. The molecule has 2 rings (SSSR count). The second kappa shape index (κ2) is 7.58. The quantitative estimate of drug-likeness (QED) is 0.884. The van der Waals surface area contributed by atoms with E-state index in [1.165, 1.54) is 6.07 Å². The lowest BCUT2D eigenvalue weighted by Gasteiger charge is -2.17. The number of halogens is 3. The Hall–Kier alpha value is -1.62. The number of rotatable bonds is 5. The van der Waals surface area contributed by atoms with Crippen molar-refractivity contribution in [2.24, 2.45) is 0 Å². The van der Waals surface area contributed by atoms with Gasteiger partial charge in [0.2, 0.25) is 5.91 Å². The summed E-state index contributed by atoms with van der Waals surface area (Å²) in [5.74, 6) is -0.617. The van der Waals surface area contributed by atoms with Crippen LogP contribution in [-0.2, 0) is 11.3 Å². The van der Waals surface area contributed by atoms with E-state index in [-0.39, 0.29) is 24.8 Å². The molecule has 0 spiro atoms. The van der Waals surface area contributed by atoms with Gasteiger partial charge in [-0.05, 0) is 31.3 Å². The average molecular weight is 341 g/mol. The molecular formula is C16H15Cl2FN2O. The van der Waals surface area contributed by atoms with Crippen molar-refractivity contribution in [3.8, 4) is 0 Å². The smallest absolute Gasteiger partial charge is 0.238 e. The van der Waals surface area contributed by atoms with E-state index in [2.05, 4.69) is 5.32 Å². The van der Waals surface area contributed by atoms with Crippen LogP contribution in [0.2, 0.25) is 10.0 Å². The van der Waals surface area contributed by atoms with Gasteiger partial charge in [0.15, 0.2) is 0 Å². The summed E-state index contributed by atoms with van der Waals surface area (Å²) < 4.78 is 13.7. The molecule has 1 amide bonds. The summed E-state index contributed by atoms with van der Waals surface area (Å²) in [6.07, 6.45) is 0. The summed E-state index contributed by atoms with van der Waals surface area (Å²) in [5, 5.41) is 3.53. The molecule has 0 aliphatic heterocycles. The van der Waals surface area contributed by atoms with Gasteiger partial charge < -0.3 is 5.32 Å². The first-order valence-corrected chi connectivity index (χ1v) is 7.39. The molecule has 1 N–H and O–H groups in total. The summed E-state index contributed by atoms with van der Waals surface area (Å²) in [5.41, 5.74) is 0.920. The van der Waals surface area contributed by atoms with Crippen molar-refractivity contribution in [2.75, 3.05) is 18.9 Å².